The normalized spacial score (nSPS) is 10.7. The molecule has 0 aliphatic carbocycles. The first-order valence-corrected chi connectivity index (χ1v) is 6.18. The molecule has 1 aromatic carbocycles. The lowest BCUT2D eigenvalue weighted by molar-refractivity contribution is 0.628. The van der Waals surface area contributed by atoms with Crippen LogP contribution in [-0.2, 0) is 20.0 Å². The molecule has 0 radical (unpaired) electrons. The summed E-state index contributed by atoms with van der Waals surface area (Å²) in [6, 6.07) is 4.28. The molecule has 5 heteroatoms. The smallest absolute Gasteiger partial charge is 0.125 e. The highest BCUT2D eigenvalue weighted by molar-refractivity contribution is 6.33. The minimum Gasteiger partial charge on any atom is -0.380 e. The van der Waals surface area contributed by atoms with Crippen molar-refractivity contribution in [3.8, 4) is 0 Å². The molecule has 0 spiro atoms. The second-order valence-electron chi connectivity index (χ2n) is 4.11. The lowest BCUT2D eigenvalue weighted by atomic mass is 10.2. The average Bonchev–Trinajstić information content (AvgIpc) is 2.71. The van der Waals surface area contributed by atoms with E-state index in [1.807, 2.05) is 13.2 Å². The van der Waals surface area contributed by atoms with Gasteiger partial charge in [-0.05, 0) is 24.6 Å². The molecule has 1 aromatic heterocycles. The van der Waals surface area contributed by atoms with E-state index < -0.39 is 0 Å². The average molecular weight is 268 g/mol. The van der Waals surface area contributed by atoms with Crippen LogP contribution in [0.2, 0.25) is 5.02 Å². The topological polar surface area (TPSA) is 29.9 Å². The summed E-state index contributed by atoms with van der Waals surface area (Å²) in [5, 5.41) is 8.00. The molecule has 0 bridgehead atoms. The summed E-state index contributed by atoms with van der Waals surface area (Å²) in [6.45, 7) is 2.64. The van der Waals surface area contributed by atoms with Gasteiger partial charge in [-0.3, -0.25) is 4.68 Å². The van der Waals surface area contributed by atoms with Crippen molar-refractivity contribution in [3.05, 3.63) is 46.5 Å². The van der Waals surface area contributed by atoms with Gasteiger partial charge in [-0.15, -0.1) is 0 Å². The molecular formula is C13H15ClFN3. The molecule has 0 saturated carbocycles. The van der Waals surface area contributed by atoms with E-state index in [9.17, 15) is 4.39 Å². The Balaban J connectivity index is 2.13. The summed E-state index contributed by atoms with van der Waals surface area (Å²) in [5.41, 5.74) is 2.74. The second kappa shape index (κ2) is 5.40. The van der Waals surface area contributed by atoms with Crippen molar-refractivity contribution in [2.45, 2.75) is 19.9 Å². The fourth-order valence-electron chi connectivity index (χ4n) is 1.85. The van der Waals surface area contributed by atoms with Crippen molar-refractivity contribution in [1.82, 2.24) is 9.78 Å². The molecule has 1 N–H and O–H groups in total. The number of benzene rings is 1. The van der Waals surface area contributed by atoms with E-state index in [1.54, 1.807) is 10.7 Å². The Morgan fingerprint density at radius 3 is 2.94 bits per heavy atom. The Hall–Kier alpha value is -1.55. The van der Waals surface area contributed by atoms with E-state index in [-0.39, 0.29) is 5.82 Å². The van der Waals surface area contributed by atoms with Crippen LogP contribution in [-0.4, -0.2) is 9.78 Å². The first-order valence-electron chi connectivity index (χ1n) is 5.80. The molecule has 0 saturated heterocycles. The summed E-state index contributed by atoms with van der Waals surface area (Å²) < 4.78 is 14.9. The third-order valence-corrected chi connectivity index (χ3v) is 3.05. The third-order valence-electron chi connectivity index (χ3n) is 2.72. The minimum absolute atomic E-state index is 0.302. The van der Waals surface area contributed by atoms with Gasteiger partial charge in [0.1, 0.15) is 5.82 Å². The van der Waals surface area contributed by atoms with Crippen molar-refractivity contribution in [2.75, 3.05) is 5.32 Å². The molecule has 2 aromatic rings. The van der Waals surface area contributed by atoms with E-state index in [1.165, 1.54) is 12.1 Å². The Morgan fingerprint density at radius 1 is 1.44 bits per heavy atom. The predicted molar refractivity (Wildman–Crippen MR) is 71.3 cm³/mol. The maximum Gasteiger partial charge on any atom is 0.125 e. The third kappa shape index (κ3) is 2.82. The molecule has 18 heavy (non-hydrogen) atoms. The largest absolute Gasteiger partial charge is 0.380 e. The first kappa shape index (κ1) is 12.9. The van der Waals surface area contributed by atoms with Crippen LogP contribution in [0, 0.1) is 5.82 Å². The van der Waals surface area contributed by atoms with Crippen LogP contribution in [0.5, 0.6) is 0 Å². The van der Waals surface area contributed by atoms with Crippen molar-refractivity contribution in [2.24, 2.45) is 7.05 Å². The molecule has 2 rings (SSSR count). The zero-order valence-corrected chi connectivity index (χ0v) is 11.1. The monoisotopic (exact) mass is 267 g/mol. The van der Waals surface area contributed by atoms with E-state index >= 15 is 0 Å². The van der Waals surface area contributed by atoms with E-state index in [4.69, 9.17) is 11.6 Å². The van der Waals surface area contributed by atoms with Crippen LogP contribution in [0.3, 0.4) is 0 Å². The molecule has 0 aliphatic heterocycles. The number of halogens is 2. The lowest BCUT2D eigenvalue weighted by Gasteiger charge is -2.08. The molecular weight excluding hydrogens is 253 g/mol. The number of nitrogens with zero attached hydrogens (tertiary/aromatic N) is 2. The van der Waals surface area contributed by atoms with Gasteiger partial charge in [-0.1, -0.05) is 18.5 Å². The zero-order chi connectivity index (χ0) is 13.1. The SMILES string of the molecule is CCc1nn(C)cc1CNc1cc(F)ccc1Cl. The predicted octanol–water partition coefficient (Wildman–Crippen LogP) is 3.39. The van der Waals surface area contributed by atoms with Crippen LogP contribution in [0.25, 0.3) is 0 Å². The second-order valence-corrected chi connectivity index (χ2v) is 4.51. The quantitative estimate of drug-likeness (QED) is 0.920. The van der Waals surface area contributed by atoms with E-state index in [0.717, 1.165) is 17.7 Å². The Labute approximate surface area is 111 Å². The fraction of sp³-hybridized carbons (Fsp3) is 0.308. The molecule has 96 valence electrons. The molecule has 0 amide bonds. The molecule has 0 atom stereocenters. The summed E-state index contributed by atoms with van der Waals surface area (Å²) >= 11 is 5.99. The molecule has 0 aliphatic rings. The highest BCUT2D eigenvalue weighted by atomic mass is 35.5. The standard InChI is InChI=1S/C13H15ClFN3/c1-3-12-9(8-18(2)17-12)7-16-13-6-10(15)4-5-11(13)14/h4-6,8,16H,3,7H2,1-2H3. The Kier molecular flexibility index (Phi) is 3.87. The maximum atomic E-state index is 13.1. The number of aryl methyl sites for hydroxylation is 2. The summed E-state index contributed by atoms with van der Waals surface area (Å²) in [4.78, 5) is 0. The number of aromatic nitrogens is 2. The fourth-order valence-corrected chi connectivity index (χ4v) is 2.04. The van der Waals surface area contributed by atoms with Crippen LogP contribution < -0.4 is 5.32 Å². The summed E-state index contributed by atoms with van der Waals surface area (Å²) in [5.74, 6) is -0.302. The van der Waals surface area contributed by atoms with Crippen LogP contribution in [0.4, 0.5) is 10.1 Å². The molecule has 1 heterocycles. The number of nitrogens with one attached hydrogen (secondary N) is 1. The Bertz CT molecular complexity index is 551. The van der Waals surface area contributed by atoms with Crippen molar-refractivity contribution in [3.63, 3.8) is 0 Å². The highest BCUT2D eigenvalue weighted by Gasteiger charge is 2.07. The number of rotatable bonds is 4. The highest BCUT2D eigenvalue weighted by Crippen LogP contribution is 2.23. The number of hydrogen-bond acceptors (Lipinski definition) is 2. The first-order chi connectivity index (χ1) is 8.60. The van der Waals surface area contributed by atoms with Crippen LogP contribution in [0.1, 0.15) is 18.2 Å². The summed E-state index contributed by atoms with van der Waals surface area (Å²) in [6.07, 6.45) is 2.83. The lowest BCUT2D eigenvalue weighted by Crippen LogP contribution is -2.02. The van der Waals surface area contributed by atoms with E-state index in [2.05, 4.69) is 17.3 Å². The van der Waals surface area contributed by atoms with E-state index in [0.29, 0.717) is 17.3 Å². The Morgan fingerprint density at radius 2 is 2.22 bits per heavy atom. The van der Waals surface area contributed by atoms with Crippen molar-refractivity contribution in [1.29, 1.82) is 0 Å². The van der Waals surface area contributed by atoms with Crippen LogP contribution in [0.15, 0.2) is 24.4 Å². The zero-order valence-electron chi connectivity index (χ0n) is 10.4. The maximum absolute atomic E-state index is 13.1. The van der Waals surface area contributed by atoms with Gasteiger partial charge in [-0.2, -0.15) is 5.10 Å². The van der Waals surface area contributed by atoms with Gasteiger partial charge in [0.25, 0.3) is 0 Å². The molecule has 0 fully saturated rings. The number of anilines is 1. The number of hydrogen-bond donors (Lipinski definition) is 1. The van der Waals surface area contributed by atoms with Crippen molar-refractivity contribution < 1.29 is 4.39 Å². The van der Waals surface area contributed by atoms with Gasteiger partial charge >= 0.3 is 0 Å². The van der Waals surface area contributed by atoms with Gasteiger partial charge < -0.3 is 5.32 Å². The van der Waals surface area contributed by atoms with Crippen LogP contribution >= 0.6 is 11.6 Å². The van der Waals surface area contributed by atoms with Gasteiger partial charge in [0.15, 0.2) is 0 Å². The van der Waals surface area contributed by atoms with Gasteiger partial charge in [0, 0.05) is 25.4 Å². The van der Waals surface area contributed by atoms with Gasteiger partial charge in [0.05, 0.1) is 16.4 Å². The van der Waals surface area contributed by atoms with Gasteiger partial charge in [-0.25, -0.2) is 4.39 Å². The van der Waals surface area contributed by atoms with Gasteiger partial charge in [0.2, 0.25) is 0 Å². The van der Waals surface area contributed by atoms with Crippen molar-refractivity contribution >= 4 is 17.3 Å². The minimum atomic E-state index is -0.302. The molecule has 0 unspecified atom stereocenters. The summed E-state index contributed by atoms with van der Waals surface area (Å²) in [7, 11) is 1.89. The molecule has 3 nitrogen and oxygen atoms in total.